The first-order chi connectivity index (χ1) is 15.3. The van der Waals surface area contributed by atoms with Crippen molar-refractivity contribution in [3.05, 3.63) is 94.3 Å². The second-order valence-corrected chi connectivity index (χ2v) is 6.54. The van der Waals surface area contributed by atoms with Crippen molar-refractivity contribution in [2.45, 2.75) is 6.10 Å². The van der Waals surface area contributed by atoms with Gasteiger partial charge in [-0.3, -0.25) is 4.79 Å². The van der Waals surface area contributed by atoms with E-state index in [9.17, 15) is 25.5 Å². The molecule has 0 bridgehead atoms. The van der Waals surface area contributed by atoms with Crippen LogP contribution in [0.5, 0.6) is 11.5 Å². The van der Waals surface area contributed by atoms with Gasteiger partial charge in [0.15, 0.2) is 17.5 Å². The highest BCUT2D eigenvalue weighted by Gasteiger charge is 2.17. The van der Waals surface area contributed by atoms with Gasteiger partial charge in [0, 0.05) is 6.07 Å². The van der Waals surface area contributed by atoms with Crippen LogP contribution in [0.2, 0.25) is 0 Å². The second-order valence-electron chi connectivity index (χ2n) is 6.54. The highest BCUT2D eigenvalue weighted by molar-refractivity contribution is 5.85. The number of rotatable bonds is 8. The smallest absolute Gasteiger partial charge is 0.273 e. The minimum Gasteiger partial charge on any atom is -0.595 e. The third-order valence-corrected chi connectivity index (χ3v) is 4.29. The Bertz CT molecular complexity index is 1090. The van der Waals surface area contributed by atoms with Crippen LogP contribution in [0.3, 0.4) is 0 Å². The number of nitrogens with zero attached hydrogens (tertiary/aromatic N) is 1. The zero-order valence-corrected chi connectivity index (χ0v) is 16.5. The van der Waals surface area contributed by atoms with E-state index in [0.717, 1.165) is 6.07 Å². The van der Waals surface area contributed by atoms with E-state index in [-0.39, 0.29) is 22.9 Å². The van der Waals surface area contributed by atoms with Crippen LogP contribution in [0, 0.1) is 10.4 Å². The van der Waals surface area contributed by atoms with Crippen LogP contribution in [0.1, 0.15) is 17.2 Å². The zero-order chi connectivity index (χ0) is 23.1. The van der Waals surface area contributed by atoms with E-state index in [4.69, 9.17) is 9.94 Å². The Morgan fingerprint density at radius 3 is 2.44 bits per heavy atom. The Hall–Kier alpha value is -3.68. The summed E-state index contributed by atoms with van der Waals surface area (Å²) in [5.41, 5.74) is 2.72. The minimum atomic E-state index is -1.37. The number of benzene rings is 3. The average molecular weight is 440 g/mol. The fourth-order valence-corrected chi connectivity index (χ4v) is 2.72. The molecular weight excluding hydrogens is 420 g/mol. The summed E-state index contributed by atoms with van der Waals surface area (Å²) in [5, 5.41) is 52.2. The predicted octanol–water partition coefficient (Wildman–Crippen LogP) is 0.469. The van der Waals surface area contributed by atoms with Crippen LogP contribution in [0.25, 0.3) is 0 Å². The number of carbonyl (C=O) groups is 1. The van der Waals surface area contributed by atoms with Gasteiger partial charge in [-0.15, -0.1) is 0 Å². The highest BCUT2D eigenvalue weighted by Crippen LogP contribution is 2.29. The van der Waals surface area contributed by atoms with Crippen LogP contribution >= 0.6 is 0 Å². The summed E-state index contributed by atoms with van der Waals surface area (Å²) in [6.45, 7) is 0. The summed E-state index contributed by atoms with van der Waals surface area (Å²) in [4.78, 5) is 12.0. The van der Waals surface area contributed by atoms with Crippen molar-refractivity contribution in [3.8, 4) is 11.5 Å². The Morgan fingerprint density at radius 1 is 1.00 bits per heavy atom. The van der Waals surface area contributed by atoms with Crippen LogP contribution in [-0.4, -0.2) is 27.6 Å². The number of quaternary nitrogens is 2. The van der Waals surface area contributed by atoms with Crippen LogP contribution in [0.4, 0.5) is 11.4 Å². The molecule has 1 amide bonds. The molecule has 3 aromatic carbocycles. The van der Waals surface area contributed by atoms with Crippen molar-refractivity contribution in [1.29, 1.82) is 0 Å². The van der Waals surface area contributed by atoms with E-state index in [1.165, 1.54) is 18.3 Å². The number of carbonyl (C=O) groups excluding carboxylic acids is 1. The van der Waals surface area contributed by atoms with Crippen LogP contribution < -0.4 is 20.6 Å². The van der Waals surface area contributed by atoms with Gasteiger partial charge >= 0.3 is 0 Å². The van der Waals surface area contributed by atoms with Gasteiger partial charge in [-0.1, -0.05) is 42.5 Å². The van der Waals surface area contributed by atoms with Gasteiger partial charge in [0.1, 0.15) is 5.75 Å². The Morgan fingerprint density at radius 2 is 1.75 bits per heavy atom. The molecule has 0 spiro atoms. The van der Waals surface area contributed by atoms with Gasteiger partial charge in [0.2, 0.25) is 5.69 Å². The van der Waals surface area contributed by atoms with E-state index in [2.05, 4.69) is 10.5 Å². The van der Waals surface area contributed by atoms with Crippen molar-refractivity contribution >= 4 is 23.5 Å². The van der Waals surface area contributed by atoms with Crippen molar-refractivity contribution < 1.29 is 35.5 Å². The summed E-state index contributed by atoms with van der Waals surface area (Å²) in [6.07, 6.45) is -0.0417. The first kappa shape index (κ1) is 23.0. The zero-order valence-electron chi connectivity index (χ0n) is 16.5. The van der Waals surface area contributed by atoms with E-state index >= 15 is 0 Å². The highest BCUT2D eigenvalue weighted by atomic mass is 16.8. The molecule has 3 aromatic rings. The first-order valence-corrected chi connectivity index (χ1v) is 9.29. The molecule has 0 aromatic heterocycles. The van der Waals surface area contributed by atoms with Gasteiger partial charge in [0.25, 0.3) is 5.91 Å². The monoisotopic (exact) mass is 440 g/mol. The molecule has 11 heteroatoms. The van der Waals surface area contributed by atoms with Crippen LogP contribution in [-0.2, 0) is 4.79 Å². The lowest BCUT2D eigenvalue weighted by molar-refractivity contribution is -0.996. The fourth-order valence-electron chi connectivity index (χ4n) is 2.72. The van der Waals surface area contributed by atoms with Crippen molar-refractivity contribution in [3.63, 3.8) is 0 Å². The molecule has 0 radical (unpaired) electrons. The number of hydrazone groups is 1. The lowest BCUT2D eigenvalue weighted by Gasteiger charge is -2.18. The molecule has 0 aliphatic rings. The van der Waals surface area contributed by atoms with Crippen molar-refractivity contribution in [1.82, 2.24) is 5.43 Å². The Kier molecular flexibility index (Phi) is 7.59. The fraction of sp³-hybridized carbons (Fsp3) is 0.0476. The van der Waals surface area contributed by atoms with E-state index in [1.54, 1.807) is 54.6 Å². The number of hydrogen-bond donors (Lipinski definition) is 6. The number of amides is 1. The van der Waals surface area contributed by atoms with Crippen molar-refractivity contribution in [2.24, 2.45) is 5.10 Å². The summed E-state index contributed by atoms with van der Waals surface area (Å²) < 4.78 is 5.61. The Balaban J connectivity index is 1.69. The van der Waals surface area contributed by atoms with Gasteiger partial charge < -0.3 is 20.3 Å². The van der Waals surface area contributed by atoms with E-state index < -0.39 is 22.5 Å². The standard InChI is InChI=1S/C21H20N4O7/c26-20(15-6-2-1-3-7-15)21(27)23-22-13-14-5-4-8-17(11-14)32-19-10-9-16(24(28)29)12-18(19)25(30)31/h1-13,20,24-26,28,30H,(H,23,27)/t20-/m0/s1. The maximum atomic E-state index is 12.0. The topological polar surface area (TPSA) is 166 Å². The maximum Gasteiger partial charge on any atom is 0.273 e. The van der Waals surface area contributed by atoms with Gasteiger partial charge in [-0.05, 0) is 29.3 Å². The van der Waals surface area contributed by atoms with Gasteiger partial charge in [-0.25, -0.2) is 15.8 Å². The predicted molar refractivity (Wildman–Crippen MR) is 112 cm³/mol. The second kappa shape index (κ2) is 10.6. The molecular formula is C21H20N4O7. The molecule has 6 N–H and O–H groups in total. The third-order valence-electron chi connectivity index (χ3n) is 4.29. The van der Waals surface area contributed by atoms with E-state index in [0.29, 0.717) is 11.1 Å². The molecule has 32 heavy (non-hydrogen) atoms. The lowest BCUT2D eigenvalue weighted by Crippen LogP contribution is -3.00. The molecule has 0 aliphatic heterocycles. The molecule has 2 unspecified atom stereocenters. The molecule has 11 nitrogen and oxygen atoms in total. The average Bonchev–Trinajstić information content (AvgIpc) is 2.79. The lowest BCUT2D eigenvalue weighted by atomic mass is 10.1. The molecule has 3 atom stereocenters. The molecule has 0 saturated carbocycles. The molecule has 3 rings (SSSR count). The molecule has 0 fully saturated rings. The Labute approximate surface area is 182 Å². The number of aliphatic hydroxyl groups is 1. The summed E-state index contributed by atoms with van der Waals surface area (Å²) in [5.74, 6) is -0.462. The van der Waals surface area contributed by atoms with E-state index in [1.807, 2.05) is 0 Å². The quantitative estimate of drug-likeness (QED) is 0.219. The SMILES string of the molecule is O=C(NN=Cc1cccc(Oc2ccc([NH+]([O-])O)cc2[NH+]([O-])O)c1)[C@@H](O)c1ccccc1. The van der Waals surface area contributed by atoms with Gasteiger partial charge in [0.05, 0.1) is 12.3 Å². The molecule has 0 saturated heterocycles. The number of aliphatic hydroxyl groups excluding tert-OH is 1. The third kappa shape index (κ3) is 5.94. The maximum absolute atomic E-state index is 12.0. The molecule has 0 heterocycles. The normalized spacial score (nSPS) is 14.0. The van der Waals surface area contributed by atoms with Crippen LogP contribution in [0.15, 0.2) is 77.9 Å². The van der Waals surface area contributed by atoms with Crippen molar-refractivity contribution in [2.75, 3.05) is 0 Å². The summed E-state index contributed by atoms with van der Waals surface area (Å²) >= 11 is 0. The largest absolute Gasteiger partial charge is 0.595 e. The van der Waals surface area contributed by atoms with Gasteiger partial charge in [-0.2, -0.15) is 15.6 Å². The number of ether oxygens (including phenoxy) is 1. The first-order valence-electron chi connectivity index (χ1n) is 9.29. The number of nitrogens with one attached hydrogen (secondary N) is 3. The molecule has 0 aliphatic carbocycles. The summed E-state index contributed by atoms with van der Waals surface area (Å²) in [6, 6.07) is 18.3. The minimum absolute atomic E-state index is 0.0316. The number of hydrogen-bond acceptors (Lipinski definition) is 8. The summed E-state index contributed by atoms with van der Waals surface area (Å²) in [7, 11) is 0. The molecule has 166 valence electrons.